The van der Waals surface area contributed by atoms with E-state index in [1.54, 1.807) is 6.92 Å². The summed E-state index contributed by atoms with van der Waals surface area (Å²) < 4.78 is 17.4. The van der Waals surface area contributed by atoms with E-state index in [2.05, 4.69) is 13.8 Å². The van der Waals surface area contributed by atoms with Gasteiger partial charge in [0.05, 0.1) is 0 Å². The fourth-order valence-corrected chi connectivity index (χ4v) is 8.86. The number of esters is 3. The molecule has 4 aliphatic rings. The monoisotopic (exact) mass is 476 g/mol. The number of rotatable bonds is 4. The van der Waals surface area contributed by atoms with Gasteiger partial charge in [-0.2, -0.15) is 0 Å². The molecule has 190 valence electrons. The predicted molar refractivity (Wildman–Crippen MR) is 123 cm³/mol. The molecule has 0 heterocycles. The van der Waals surface area contributed by atoms with Crippen molar-refractivity contribution in [2.45, 2.75) is 105 Å². The van der Waals surface area contributed by atoms with Gasteiger partial charge in [-0.1, -0.05) is 13.8 Å². The molecule has 0 aromatic rings. The molecule has 0 aromatic carbocycles. The van der Waals surface area contributed by atoms with E-state index in [-0.39, 0.29) is 65.0 Å². The maximum atomic E-state index is 12.8. The number of carbonyl (C=O) groups excluding carboxylic acids is 4. The highest BCUT2D eigenvalue weighted by molar-refractivity contribution is 5.80. The second-order valence-corrected chi connectivity index (χ2v) is 11.8. The van der Waals surface area contributed by atoms with Gasteiger partial charge in [0.15, 0.2) is 0 Å². The Hall–Kier alpha value is -1.92. The number of ether oxygens (including phenoxy) is 3. The van der Waals surface area contributed by atoms with Crippen LogP contribution in [-0.2, 0) is 33.4 Å². The van der Waals surface area contributed by atoms with Gasteiger partial charge in [0.25, 0.3) is 0 Å². The molecule has 34 heavy (non-hydrogen) atoms. The maximum Gasteiger partial charge on any atom is 0.302 e. The summed E-state index contributed by atoms with van der Waals surface area (Å²) >= 11 is 0. The van der Waals surface area contributed by atoms with E-state index in [1.165, 1.54) is 20.8 Å². The summed E-state index contributed by atoms with van der Waals surface area (Å²) in [7, 11) is 0. The van der Waals surface area contributed by atoms with E-state index in [1.807, 2.05) is 0 Å². The van der Waals surface area contributed by atoms with Crippen LogP contribution in [-0.4, -0.2) is 42.0 Å². The highest BCUT2D eigenvalue weighted by Crippen LogP contribution is 2.68. The molecular formula is C27H40O7. The Morgan fingerprint density at radius 1 is 0.765 bits per heavy atom. The maximum absolute atomic E-state index is 12.8. The molecule has 4 rings (SSSR count). The van der Waals surface area contributed by atoms with Gasteiger partial charge in [-0.05, 0) is 75.0 Å². The lowest BCUT2D eigenvalue weighted by Crippen LogP contribution is -2.61. The summed E-state index contributed by atoms with van der Waals surface area (Å²) in [5.41, 5.74) is -0.536. The van der Waals surface area contributed by atoms with Gasteiger partial charge in [-0.3, -0.25) is 19.2 Å². The van der Waals surface area contributed by atoms with Crippen molar-refractivity contribution in [2.75, 3.05) is 0 Å². The number of hydrogen-bond acceptors (Lipinski definition) is 7. The minimum atomic E-state index is -0.559. The van der Waals surface area contributed by atoms with E-state index in [0.717, 1.165) is 38.5 Å². The summed E-state index contributed by atoms with van der Waals surface area (Å²) in [6.07, 6.45) is 5.08. The van der Waals surface area contributed by atoms with Crippen LogP contribution >= 0.6 is 0 Å². The number of fused-ring (bicyclic) bond motifs is 5. The average molecular weight is 477 g/mol. The van der Waals surface area contributed by atoms with Crippen molar-refractivity contribution in [1.29, 1.82) is 0 Å². The molecule has 0 N–H and O–H groups in total. The van der Waals surface area contributed by atoms with Gasteiger partial charge >= 0.3 is 17.9 Å². The molecule has 0 aromatic heterocycles. The first-order valence-corrected chi connectivity index (χ1v) is 12.9. The first-order valence-electron chi connectivity index (χ1n) is 12.9. The Labute approximate surface area is 202 Å². The normalized spacial score (nSPS) is 45.2. The predicted octanol–water partition coefficient (Wildman–Crippen LogP) is 4.25. The number of hydrogen-bond donors (Lipinski definition) is 0. The molecule has 0 saturated heterocycles. The van der Waals surface area contributed by atoms with Gasteiger partial charge in [0, 0.05) is 38.0 Å². The molecule has 7 heteroatoms. The molecule has 0 spiro atoms. The zero-order chi connectivity index (χ0) is 25.0. The molecule has 0 amide bonds. The molecule has 0 bridgehead atoms. The lowest BCUT2D eigenvalue weighted by atomic mass is 9.43. The van der Waals surface area contributed by atoms with Gasteiger partial charge in [0.1, 0.15) is 24.1 Å². The Morgan fingerprint density at radius 2 is 1.41 bits per heavy atom. The SMILES string of the molecule is CC(=O)O[C@@H]1CC[C@@]2(C)[C@@H](CC[C@@H]3[C@H]4[C@@H](OC(C)=O)C[C@@H](C(C)=O)[C@@]4(C)[C@@H](OC(C)=O)C[C@H]32)C1. The summed E-state index contributed by atoms with van der Waals surface area (Å²) in [6, 6.07) is 0. The first kappa shape index (κ1) is 25.2. The largest absolute Gasteiger partial charge is 0.463 e. The third-order valence-electron chi connectivity index (χ3n) is 10.1. The zero-order valence-corrected chi connectivity index (χ0v) is 21.4. The van der Waals surface area contributed by atoms with Crippen molar-refractivity contribution < 1.29 is 33.4 Å². The van der Waals surface area contributed by atoms with Gasteiger partial charge in [-0.25, -0.2) is 0 Å². The van der Waals surface area contributed by atoms with Crippen molar-refractivity contribution in [2.24, 2.45) is 40.4 Å². The summed E-state index contributed by atoms with van der Waals surface area (Å²) in [4.78, 5) is 48.6. The Balaban J connectivity index is 1.72. The van der Waals surface area contributed by atoms with E-state index in [9.17, 15) is 19.2 Å². The van der Waals surface area contributed by atoms with E-state index in [4.69, 9.17) is 14.2 Å². The number of carbonyl (C=O) groups is 4. The molecule has 10 atom stereocenters. The zero-order valence-electron chi connectivity index (χ0n) is 21.4. The summed E-state index contributed by atoms with van der Waals surface area (Å²) in [5, 5.41) is 0. The van der Waals surface area contributed by atoms with Crippen LogP contribution in [0.25, 0.3) is 0 Å². The molecule has 0 radical (unpaired) electrons. The lowest BCUT2D eigenvalue weighted by Gasteiger charge is -2.62. The van der Waals surface area contributed by atoms with Crippen molar-refractivity contribution in [3.05, 3.63) is 0 Å². The lowest BCUT2D eigenvalue weighted by molar-refractivity contribution is -0.205. The van der Waals surface area contributed by atoms with Crippen LogP contribution in [0.15, 0.2) is 0 Å². The third-order valence-corrected chi connectivity index (χ3v) is 10.1. The molecule has 7 nitrogen and oxygen atoms in total. The smallest absolute Gasteiger partial charge is 0.302 e. The van der Waals surface area contributed by atoms with Crippen LogP contribution in [0, 0.1) is 40.4 Å². The highest BCUT2D eigenvalue weighted by atomic mass is 16.6. The fraction of sp³-hybridized carbons (Fsp3) is 0.852. The second kappa shape index (κ2) is 8.94. The Kier molecular flexibility index (Phi) is 6.62. The average Bonchev–Trinajstić information content (AvgIpc) is 3.01. The van der Waals surface area contributed by atoms with Crippen molar-refractivity contribution >= 4 is 23.7 Å². The molecule has 4 saturated carbocycles. The van der Waals surface area contributed by atoms with Crippen molar-refractivity contribution in [3.8, 4) is 0 Å². The van der Waals surface area contributed by atoms with Crippen LogP contribution in [0.5, 0.6) is 0 Å². The minimum Gasteiger partial charge on any atom is -0.463 e. The van der Waals surface area contributed by atoms with Gasteiger partial charge in [0.2, 0.25) is 0 Å². The van der Waals surface area contributed by atoms with Gasteiger partial charge in [-0.15, -0.1) is 0 Å². The minimum absolute atomic E-state index is 0.0222. The second-order valence-electron chi connectivity index (χ2n) is 11.8. The number of Topliss-reactive ketones (excluding diaryl/α,β-unsaturated/α-hetero) is 1. The van der Waals surface area contributed by atoms with Crippen LogP contribution in [0.2, 0.25) is 0 Å². The van der Waals surface area contributed by atoms with Crippen molar-refractivity contribution in [1.82, 2.24) is 0 Å². The summed E-state index contributed by atoms with van der Waals surface area (Å²) in [5.74, 6) is -0.160. The molecular weight excluding hydrogens is 436 g/mol. The van der Waals surface area contributed by atoms with Crippen LogP contribution in [0.3, 0.4) is 0 Å². The third kappa shape index (κ3) is 4.07. The highest BCUT2D eigenvalue weighted by Gasteiger charge is 2.68. The Bertz CT molecular complexity index is 867. The fourth-order valence-electron chi connectivity index (χ4n) is 8.86. The topological polar surface area (TPSA) is 96.0 Å². The number of ketones is 1. The molecule has 4 fully saturated rings. The van der Waals surface area contributed by atoms with E-state index in [0.29, 0.717) is 12.3 Å². The first-order chi connectivity index (χ1) is 15.9. The summed E-state index contributed by atoms with van der Waals surface area (Å²) in [6.45, 7) is 10.4. The Morgan fingerprint density at radius 3 is 2.00 bits per heavy atom. The molecule has 0 aliphatic heterocycles. The molecule has 4 aliphatic carbocycles. The van der Waals surface area contributed by atoms with Crippen molar-refractivity contribution in [3.63, 3.8) is 0 Å². The van der Waals surface area contributed by atoms with Gasteiger partial charge < -0.3 is 14.2 Å². The van der Waals surface area contributed by atoms with Crippen LogP contribution in [0.4, 0.5) is 0 Å². The molecule has 0 unspecified atom stereocenters. The van der Waals surface area contributed by atoms with Crippen LogP contribution < -0.4 is 0 Å². The quantitative estimate of drug-likeness (QED) is 0.442. The van der Waals surface area contributed by atoms with Crippen LogP contribution in [0.1, 0.15) is 86.5 Å². The standard InChI is InChI=1S/C27H40O7/c1-14(28)21-12-23(33-16(3)30)25-20-8-7-18-11-19(32-15(2)29)9-10-26(18,5)22(20)13-24(27(21,25)6)34-17(4)31/h18-25H,7-13H2,1-6H3/t18-,19+,20-,21-,22+,23-,24-,25-,26-,27-/m0/s1. The van der Waals surface area contributed by atoms with E-state index < -0.39 is 11.5 Å². The van der Waals surface area contributed by atoms with E-state index >= 15 is 0 Å².